The minimum absolute atomic E-state index is 0.0585. The van der Waals surface area contributed by atoms with E-state index < -0.39 is 5.97 Å². The first-order chi connectivity index (χ1) is 10.0. The molecule has 1 aliphatic heterocycles. The van der Waals surface area contributed by atoms with Crippen LogP contribution < -0.4 is 0 Å². The van der Waals surface area contributed by atoms with Crippen molar-refractivity contribution in [2.75, 3.05) is 19.6 Å². The second-order valence-corrected chi connectivity index (χ2v) is 6.04. The molecule has 0 bridgehead atoms. The molecular weight excluding hydrogens is 266 g/mol. The van der Waals surface area contributed by atoms with E-state index in [1.807, 2.05) is 6.07 Å². The highest BCUT2D eigenvalue weighted by molar-refractivity contribution is 5.66. The standard InChI is InChI=1S/C16H25N3O2/c1-13(2)5-3-8-18-9-4-6-14(11-18)15-7-10-19(17-15)12-16(20)21/h5,7,10,14H,3-4,6,8-9,11-12H2,1-2H3,(H,20,21)/t14-/m0/s1. The SMILES string of the molecule is CC(C)=CCCN1CCC[C@H](c2ccn(CC(=O)O)n2)C1. The zero-order valence-electron chi connectivity index (χ0n) is 13.0. The van der Waals surface area contributed by atoms with Crippen molar-refractivity contribution in [3.8, 4) is 0 Å². The molecule has 1 N–H and O–H groups in total. The Labute approximate surface area is 126 Å². The lowest BCUT2D eigenvalue weighted by molar-refractivity contribution is -0.137. The number of nitrogens with zero attached hydrogens (tertiary/aromatic N) is 3. The van der Waals surface area contributed by atoms with Crippen LogP contribution >= 0.6 is 0 Å². The first-order valence-corrected chi connectivity index (χ1v) is 7.65. The zero-order chi connectivity index (χ0) is 15.2. The van der Waals surface area contributed by atoms with Crippen LogP contribution in [-0.4, -0.2) is 45.4 Å². The van der Waals surface area contributed by atoms with Crippen molar-refractivity contribution in [2.24, 2.45) is 0 Å². The fraction of sp³-hybridized carbons (Fsp3) is 0.625. The number of carboxylic acids is 1. The molecule has 2 heterocycles. The van der Waals surface area contributed by atoms with Gasteiger partial charge in [0.05, 0.1) is 5.69 Å². The molecule has 0 spiro atoms. The van der Waals surface area contributed by atoms with Crippen molar-refractivity contribution >= 4 is 5.97 Å². The molecule has 0 radical (unpaired) electrons. The highest BCUT2D eigenvalue weighted by Gasteiger charge is 2.22. The molecule has 0 aliphatic carbocycles. The molecule has 1 saturated heterocycles. The first kappa shape index (κ1) is 15.8. The Hall–Kier alpha value is -1.62. The highest BCUT2D eigenvalue weighted by atomic mass is 16.4. The van der Waals surface area contributed by atoms with Gasteiger partial charge in [-0.05, 0) is 45.7 Å². The maximum Gasteiger partial charge on any atom is 0.325 e. The quantitative estimate of drug-likeness (QED) is 0.818. The smallest absolute Gasteiger partial charge is 0.325 e. The maximum absolute atomic E-state index is 10.7. The van der Waals surface area contributed by atoms with E-state index in [-0.39, 0.29) is 6.54 Å². The molecular formula is C16H25N3O2. The van der Waals surface area contributed by atoms with Gasteiger partial charge in [0.1, 0.15) is 6.54 Å². The van der Waals surface area contributed by atoms with E-state index in [1.165, 1.54) is 16.7 Å². The highest BCUT2D eigenvalue weighted by Crippen LogP contribution is 2.25. The molecule has 1 aromatic heterocycles. The van der Waals surface area contributed by atoms with Crippen LogP contribution in [-0.2, 0) is 11.3 Å². The van der Waals surface area contributed by atoms with Gasteiger partial charge in [0.25, 0.3) is 0 Å². The minimum atomic E-state index is -0.850. The number of aromatic nitrogens is 2. The Bertz CT molecular complexity index is 503. The fourth-order valence-electron chi connectivity index (χ4n) is 2.86. The second-order valence-electron chi connectivity index (χ2n) is 6.04. The maximum atomic E-state index is 10.7. The molecule has 2 rings (SSSR count). The van der Waals surface area contributed by atoms with Gasteiger partial charge in [-0.15, -0.1) is 0 Å². The number of hydrogen-bond donors (Lipinski definition) is 1. The van der Waals surface area contributed by atoms with Crippen LogP contribution in [0.25, 0.3) is 0 Å². The second kappa shape index (κ2) is 7.41. The van der Waals surface area contributed by atoms with E-state index in [0.717, 1.165) is 38.2 Å². The van der Waals surface area contributed by atoms with Gasteiger partial charge in [-0.3, -0.25) is 9.48 Å². The number of hydrogen-bond acceptors (Lipinski definition) is 3. The van der Waals surface area contributed by atoms with Crippen molar-refractivity contribution in [1.29, 1.82) is 0 Å². The van der Waals surface area contributed by atoms with Gasteiger partial charge in [-0.25, -0.2) is 0 Å². The van der Waals surface area contributed by atoms with Crippen LogP contribution in [0.2, 0.25) is 0 Å². The number of allylic oxidation sites excluding steroid dienone is 1. The van der Waals surface area contributed by atoms with Gasteiger partial charge in [-0.2, -0.15) is 5.10 Å². The molecule has 116 valence electrons. The van der Waals surface area contributed by atoms with Crippen LogP contribution in [0.5, 0.6) is 0 Å². The zero-order valence-corrected chi connectivity index (χ0v) is 13.0. The Morgan fingerprint density at radius 1 is 1.52 bits per heavy atom. The third-order valence-electron chi connectivity index (χ3n) is 3.88. The summed E-state index contributed by atoms with van der Waals surface area (Å²) in [6.45, 7) is 7.49. The number of carbonyl (C=O) groups is 1. The molecule has 5 nitrogen and oxygen atoms in total. The summed E-state index contributed by atoms with van der Waals surface area (Å²) in [7, 11) is 0. The number of piperidine rings is 1. The normalized spacial score (nSPS) is 19.4. The average Bonchev–Trinajstić information content (AvgIpc) is 2.86. The Morgan fingerprint density at radius 2 is 2.33 bits per heavy atom. The lowest BCUT2D eigenvalue weighted by atomic mass is 9.95. The number of aliphatic carboxylic acids is 1. The molecule has 1 atom stereocenters. The summed E-state index contributed by atoms with van der Waals surface area (Å²) < 4.78 is 1.51. The monoisotopic (exact) mass is 291 g/mol. The average molecular weight is 291 g/mol. The number of carboxylic acid groups (broad SMARTS) is 1. The van der Waals surface area contributed by atoms with Crippen LogP contribution in [0, 0.1) is 0 Å². The van der Waals surface area contributed by atoms with Crippen molar-refractivity contribution in [3.63, 3.8) is 0 Å². The Kier molecular flexibility index (Phi) is 5.56. The molecule has 1 aromatic rings. The van der Waals surface area contributed by atoms with Gasteiger partial charge in [0, 0.05) is 25.2 Å². The Morgan fingerprint density at radius 3 is 3.05 bits per heavy atom. The lowest BCUT2D eigenvalue weighted by Crippen LogP contribution is -2.35. The van der Waals surface area contributed by atoms with Crippen LogP contribution in [0.15, 0.2) is 23.9 Å². The molecule has 21 heavy (non-hydrogen) atoms. The molecule has 0 unspecified atom stereocenters. The van der Waals surface area contributed by atoms with E-state index >= 15 is 0 Å². The van der Waals surface area contributed by atoms with Crippen molar-refractivity contribution in [1.82, 2.24) is 14.7 Å². The van der Waals surface area contributed by atoms with E-state index in [9.17, 15) is 4.79 Å². The summed E-state index contributed by atoms with van der Waals surface area (Å²) in [5.41, 5.74) is 2.40. The summed E-state index contributed by atoms with van der Waals surface area (Å²) in [6, 6.07) is 1.97. The summed E-state index contributed by atoms with van der Waals surface area (Å²) in [4.78, 5) is 13.2. The Balaban J connectivity index is 1.89. The molecule has 0 saturated carbocycles. The van der Waals surface area contributed by atoms with Crippen molar-refractivity contribution in [3.05, 3.63) is 29.6 Å². The lowest BCUT2D eigenvalue weighted by Gasteiger charge is -2.31. The predicted molar refractivity (Wildman–Crippen MR) is 82.3 cm³/mol. The summed E-state index contributed by atoms with van der Waals surface area (Å²) >= 11 is 0. The largest absolute Gasteiger partial charge is 0.480 e. The summed E-state index contributed by atoms with van der Waals surface area (Å²) in [6.07, 6.45) is 7.48. The molecule has 5 heteroatoms. The van der Waals surface area contributed by atoms with E-state index in [1.54, 1.807) is 6.20 Å². The van der Waals surface area contributed by atoms with Gasteiger partial charge in [-0.1, -0.05) is 11.6 Å². The van der Waals surface area contributed by atoms with Gasteiger partial charge >= 0.3 is 5.97 Å². The summed E-state index contributed by atoms with van der Waals surface area (Å²) in [5, 5.41) is 13.2. The van der Waals surface area contributed by atoms with Crippen LogP contribution in [0.4, 0.5) is 0 Å². The van der Waals surface area contributed by atoms with E-state index in [2.05, 4.69) is 29.9 Å². The molecule has 1 fully saturated rings. The van der Waals surface area contributed by atoms with Gasteiger partial charge in [0.2, 0.25) is 0 Å². The van der Waals surface area contributed by atoms with Crippen LogP contribution in [0.3, 0.4) is 0 Å². The van der Waals surface area contributed by atoms with Gasteiger partial charge < -0.3 is 10.0 Å². The molecule has 0 amide bonds. The first-order valence-electron chi connectivity index (χ1n) is 7.65. The molecule has 0 aromatic carbocycles. The summed E-state index contributed by atoms with van der Waals surface area (Å²) in [5.74, 6) is -0.419. The number of likely N-dealkylation sites (tertiary alicyclic amines) is 1. The van der Waals surface area contributed by atoms with Crippen LogP contribution in [0.1, 0.15) is 44.7 Å². The van der Waals surface area contributed by atoms with E-state index in [4.69, 9.17) is 5.11 Å². The predicted octanol–water partition coefficient (Wildman–Crippen LogP) is 2.50. The third-order valence-corrected chi connectivity index (χ3v) is 3.88. The minimum Gasteiger partial charge on any atom is -0.480 e. The fourth-order valence-corrected chi connectivity index (χ4v) is 2.86. The van der Waals surface area contributed by atoms with E-state index in [0.29, 0.717) is 5.92 Å². The number of rotatable bonds is 6. The van der Waals surface area contributed by atoms with Crippen molar-refractivity contribution < 1.29 is 9.90 Å². The third kappa shape index (κ3) is 5.01. The van der Waals surface area contributed by atoms with Gasteiger partial charge in [0.15, 0.2) is 0 Å². The molecule has 1 aliphatic rings. The van der Waals surface area contributed by atoms with Crippen molar-refractivity contribution in [2.45, 2.75) is 45.6 Å². The topological polar surface area (TPSA) is 58.4 Å².